The molecule has 0 saturated carbocycles. The Morgan fingerprint density at radius 1 is 1.06 bits per heavy atom. The number of aromatic nitrogens is 4. The molecule has 3 aliphatic heterocycles. The smallest absolute Gasteiger partial charge is 0.319 e. The van der Waals surface area contributed by atoms with Gasteiger partial charge in [0.2, 0.25) is 5.95 Å². The summed E-state index contributed by atoms with van der Waals surface area (Å²) in [6, 6.07) is 9.28. The number of fused-ring (bicyclic) bond motifs is 3. The fourth-order valence-electron chi connectivity index (χ4n) is 5.25. The molecule has 0 spiro atoms. The maximum absolute atomic E-state index is 11.9. The summed E-state index contributed by atoms with van der Waals surface area (Å²) in [4.78, 5) is 35.5. The molecule has 10 nitrogen and oxygen atoms in total. The lowest BCUT2D eigenvalue weighted by Crippen LogP contribution is -2.44. The number of rotatable bonds is 5. The Bertz CT molecular complexity index is 1220. The van der Waals surface area contributed by atoms with E-state index in [2.05, 4.69) is 30.4 Å². The fourth-order valence-corrected chi connectivity index (χ4v) is 5.25. The predicted molar refractivity (Wildman–Crippen MR) is 137 cm³/mol. The molecule has 3 aliphatic rings. The maximum atomic E-state index is 11.9. The van der Waals surface area contributed by atoms with E-state index in [9.17, 15) is 4.79 Å². The van der Waals surface area contributed by atoms with Gasteiger partial charge >= 0.3 is 6.03 Å². The summed E-state index contributed by atoms with van der Waals surface area (Å²) < 4.78 is 6.10. The highest BCUT2D eigenvalue weighted by Crippen LogP contribution is 2.35. The fraction of sp³-hybridized carbons (Fsp3) is 0.423. The minimum absolute atomic E-state index is 0.220. The van der Waals surface area contributed by atoms with Gasteiger partial charge in [0.25, 0.3) is 0 Å². The van der Waals surface area contributed by atoms with Crippen LogP contribution in [0.25, 0.3) is 11.4 Å². The number of carbonyl (C=O) groups is 1. The van der Waals surface area contributed by atoms with Gasteiger partial charge < -0.3 is 25.2 Å². The van der Waals surface area contributed by atoms with E-state index in [4.69, 9.17) is 14.7 Å². The molecule has 3 aromatic rings. The molecular weight excluding hydrogens is 456 g/mol. The zero-order valence-corrected chi connectivity index (χ0v) is 20.4. The van der Waals surface area contributed by atoms with E-state index in [-0.39, 0.29) is 18.2 Å². The van der Waals surface area contributed by atoms with E-state index in [1.807, 2.05) is 37.3 Å². The molecule has 2 N–H and O–H groups in total. The number of nitrogens with one attached hydrogen (secondary N) is 2. The van der Waals surface area contributed by atoms with Crippen LogP contribution in [-0.2, 0) is 17.7 Å². The highest BCUT2D eigenvalue weighted by molar-refractivity contribution is 5.89. The number of anilines is 3. The Labute approximate surface area is 210 Å². The van der Waals surface area contributed by atoms with Crippen molar-refractivity contribution in [2.75, 3.05) is 41.3 Å². The van der Waals surface area contributed by atoms with Crippen molar-refractivity contribution < 1.29 is 9.53 Å². The standard InChI is InChI=1S/C26H30N8O2/c1-2-27-26(35)30-18-6-4-17(5-7-18)23-31-22-16-33(25-28-11-3-12-29-25)13-10-21(22)24(32-23)34-14-19-8-9-20(15-34)36-19/h3-7,11-12,19-20H,2,8-10,13-16H2,1H3,(H2,27,30,35)/t19-,20+. The Balaban J connectivity index is 1.34. The van der Waals surface area contributed by atoms with Crippen LogP contribution in [0.3, 0.4) is 0 Å². The van der Waals surface area contributed by atoms with Crippen LogP contribution in [0.5, 0.6) is 0 Å². The second-order valence-corrected chi connectivity index (χ2v) is 9.44. The maximum Gasteiger partial charge on any atom is 0.319 e. The van der Waals surface area contributed by atoms with E-state index in [0.29, 0.717) is 18.9 Å². The Morgan fingerprint density at radius 3 is 2.53 bits per heavy atom. The molecule has 2 aromatic heterocycles. The third-order valence-electron chi connectivity index (χ3n) is 6.96. The van der Waals surface area contributed by atoms with Gasteiger partial charge in [-0.05, 0) is 56.5 Å². The lowest BCUT2D eigenvalue weighted by Gasteiger charge is -2.36. The summed E-state index contributed by atoms with van der Waals surface area (Å²) in [6.45, 7) is 5.64. The number of nitrogens with zero attached hydrogens (tertiary/aromatic N) is 6. The molecule has 10 heteroatoms. The first-order valence-corrected chi connectivity index (χ1v) is 12.6. The summed E-state index contributed by atoms with van der Waals surface area (Å²) in [5.41, 5.74) is 3.85. The molecule has 2 amide bonds. The van der Waals surface area contributed by atoms with Crippen LogP contribution in [0.1, 0.15) is 31.0 Å². The molecule has 0 aliphatic carbocycles. The molecular formula is C26H30N8O2. The summed E-state index contributed by atoms with van der Waals surface area (Å²) in [5.74, 6) is 2.42. The highest BCUT2D eigenvalue weighted by Gasteiger charge is 2.36. The summed E-state index contributed by atoms with van der Waals surface area (Å²) in [5, 5.41) is 5.58. The summed E-state index contributed by atoms with van der Waals surface area (Å²) >= 11 is 0. The average Bonchev–Trinajstić information content (AvgIpc) is 3.25. The van der Waals surface area contributed by atoms with Crippen molar-refractivity contribution in [3.8, 4) is 11.4 Å². The van der Waals surface area contributed by atoms with Gasteiger partial charge in [0.05, 0.1) is 24.4 Å². The molecule has 36 heavy (non-hydrogen) atoms. The molecule has 2 saturated heterocycles. The monoisotopic (exact) mass is 486 g/mol. The zero-order chi connectivity index (χ0) is 24.5. The van der Waals surface area contributed by atoms with Crippen LogP contribution in [-0.4, -0.2) is 64.4 Å². The Hall–Kier alpha value is -3.79. The van der Waals surface area contributed by atoms with Crippen LogP contribution < -0.4 is 20.4 Å². The molecule has 2 bridgehead atoms. The second kappa shape index (κ2) is 9.69. The third-order valence-corrected chi connectivity index (χ3v) is 6.96. The first-order chi connectivity index (χ1) is 17.7. The van der Waals surface area contributed by atoms with Crippen molar-refractivity contribution in [2.45, 2.75) is 44.9 Å². The lowest BCUT2D eigenvalue weighted by atomic mass is 10.0. The Morgan fingerprint density at radius 2 is 1.81 bits per heavy atom. The van der Waals surface area contributed by atoms with Crippen molar-refractivity contribution in [3.63, 3.8) is 0 Å². The molecule has 2 fully saturated rings. The molecule has 5 heterocycles. The first-order valence-electron chi connectivity index (χ1n) is 12.6. The van der Waals surface area contributed by atoms with Crippen molar-refractivity contribution in [1.29, 1.82) is 0 Å². The van der Waals surface area contributed by atoms with Gasteiger partial charge in [-0.1, -0.05) is 0 Å². The third kappa shape index (κ3) is 4.56. The molecule has 6 rings (SSSR count). The van der Waals surface area contributed by atoms with Gasteiger partial charge in [0, 0.05) is 55.4 Å². The largest absolute Gasteiger partial charge is 0.371 e. The lowest BCUT2D eigenvalue weighted by molar-refractivity contribution is 0.0301. The van der Waals surface area contributed by atoms with Gasteiger partial charge in [0.15, 0.2) is 5.82 Å². The van der Waals surface area contributed by atoms with Gasteiger partial charge in [-0.2, -0.15) is 0 Å². The quantitative estimate of drug-likeness (QED) is 0.567. The van der Waals surface area contributed by atoms with E-state index in [0.717, 1.165) is 67.6 Å². The van der Waals surface area contributed by atoms with E-state index in [1.54, 1.807) is 12.4 Å². The number of urea groups is 1. The Kier molecular flexibility index (Phi) is 6.10. The van der Waals surface area contributed by atoms with Crippen LogP contribution in [0.4, 0.5) is 22.2 Å². The summed E-state index contributed by atoms with van der Waals surface area (Å²) in [7, 11) is 0. The van der Waals surface area contributed by atoms with Crippen molar-refractivity contribution in [1.82, 2.24) is 25.3 Å². The van der Waals surface area contributed by atoms with Gasteiger partial charge in [-0.25, -0.2) is 24.7 Å². The van der Waals surface area contributed by atoms with Gasteiger partial charge in [-0.3, -0.25) is 0 Å². The van der Waals surface area contributed by atoms with Crippen LogP contribution in [0.15, 0.2) is 42.7 Å². The van der Waals surface area contributed by atoms with Crippen molar-refractivity contribution in [2.24, 2.45) is 0 Å². The van der Waals surface area contributed by atoms with Crippen LogP contribution in [0.2, 0.25) is 0 Å². The summed E-state index contributed by atoms with van der Waals surface area (Å²) in [6.07, 6.45) is 7.15. The number of hydrogen-bond acceptors (Lipinski definition) is 8. The van der Waals surface area contributed by atoms with E-state index < -0.39 is 0 Å². The molecule has 0 unspecified atom stereocenters. The SMILES string of the molecule is CCNC(=O)Nc1ccc(-c2nc3c(c(N4C[C@H]5CC[C@@H](C4)O5)n2)CCN(c2ncccn2)C3)cc1. The molecule has 1 aromatic carbocycles. The van der Waals surface area contributed by atoms with Crippen LogP contribution >= 0.6 is 0 Å². The minimum atomic E-state index is -0.220. The zero-order valence-electron chi connectivity index (χ0n) is 20.4. The number of carbonyl (C=O) groups excluding carboxylic acids is 1. The number of morpholine rings is 1. The molecule has 186 valence electrons. The second-order valence-electron chi connectivity index (χ2n) is 9.44. The molecule has 2 atom stereocenters. The number of amides is 2. The van der Waals surface area contributed by atoms with Crippen molar-refractivity contribution >= 4 is 23.5 Å². The van der Waals surface area contributed by atoms with Crippen molar-refractivity contribution in [3.05, 3.63) is 54.0 Å². The molecule has 0 radical (unpaired) electrons. The number of benzene rings is 1. The van der Waals surface area contributed by atoms with Gasteiger partial charge in [0.1, 0.15) is 5.82 Å². The number of ether oxygens (including phenoxy) is 1. The van der Waals surface area contributed by atoms with Crippen LogP contribution in [0, 0.1) is 0 Å². The van der Waals surface area contributed by atoms with E-state index >= 15 is 0 Å². The topological polar surface area (TPSA) is 108 Å². The van der Waals surface area contributed by atoms with Gasteiger partial charge in [-0.15, -0.1) is 0 Å². The predicted octanol–water partition coefficient (Wildman–Crippen LogP) is 3.01. The number of hydrogen-bond donors (Lipinski definition) is 2. The normalized spacial score (nSPS) is 20.7. The first kappa shape index (κ1) is 22.7. The highest BCUT2D eigenvalue weighted by atomic mass is 16.5. The average molecular weight is 487 g/mol. The minimum Gasteiger partial charge on any atom is -0.371 e. The van der Waals surface area contributed by atoms with E-state index in [1.165, 1.54) is 5.56 Å².